The molecule has 1 heterocycles. The van der Waals surface area contributed by atoms with Crippen LogP contribution in [0, 0.1) is 11.8 Å². The van der Waals surface area contributed by atoms with Gasteiger partial charge in [-0.05, 0) is 6.42 Å². The number of hydrogen-bond donors (Lipinski definition) is 2. The molecule has 0 aliphatic rings. The van der Waals surface area contributed by atoms with Crippen LogP contribution in [0.25, 0.3) is 0 Å². The Morgan fingerprint density at radius 3 is 3.20 bits per heavy atom. The highest BCUT2D eigenvalue weighted by Gasteiger charge is 2.03. The molecule has 0 aromatic carbocycles. The van der Waals surface area contributed by atoms with Crippen LogP contribution in [0.4, 0.5) is 5.13 Å². The number of aromatic nitrogens is 1. The van der Waals surface area contributed by atoms with Crippen LogP contribution in [0.1, 0.15) is 24.6 Å². The number of nitrogens with zero attached hydrogens (tertiary/aromatic N) is 1. The number of rotatable bonds is 3. The quantitative estimate of drug-likeness (QED) is 0.756. The molecule has 1 aromatic heterocycles. The summed E-state index contributed by atoms with van der Waals surface area (Å²) in [4.78, 5) is 16.1. The molecule has 0 radical (unpaired) electrons. The Morgan fingerprint density at radius 2 is 2.53 bits per heavy atom. The van der Waals surface area contributed by atoms with Gasteiger partial charge in [0.15, 0.2) is 5.13 Å². The Hall–Kier alpha value is -1.38. The maximum absolute atomic E-state index is 11.2. The van der Waals surface area contributed by atoms with Crippen molar-refractivity contribution in [1.29, 1.82) is 0 Å². The summed E-state index contributed by atoms with van der Waals surface area (Å²) in [5, 5.41) is 3.30. The summed E-state index contributed by atoms with van der Waals surface area (Å²) in [6.07, 6.45) is 2.98. The van der Waals surface area contributed by atoms with Crippen molar-refractivity contribution < 1.29 is 4.79 Å². The van der Waals surface area contributed by atoms with Crippen molar-refractivity contribution in [3.8, 4) is 11.8 Å². The number of nitrogens with two attached hydrogens (primary N) is 1. The number of thiazole rings is 1. The lowest BCUT2D eigenvalue weighted by molar-refractivity contribution is -0.116. The van der Waals surface area contributed by atoms with Crippen molar-refractivity contribution in [2.24, 2.45) is 5.73 Å². The first-order chi connectivity index (χ1) is 7.26. The molecule has 0 atom stereocenters. The molecule has 5 heteroatoms. The lowest BCUT2D eigenvalue weighted by atomic mass is 10.3. The van der Waals surface area contributed by atoms with Crippen molar-refractivity contribution in [2.45, 2.75) is 19.8 Å². The molecule has 0 fully saturated rings. The number of carbonyl (C=O) groups is 1. The lowest BCUT2D eigenvalue weighted by Gasteiger charge is -1.97. The van der Waals surface area contributed by atoms with Gasteiger partial charge in [0.25, 0.3) is 0 Å². The smallest absolute Gasteiger partial charge is 0.226 e. The first-order valence-corrected chi connectivity index (χ1v) is 5.52. The third kappa shape index (κ3) is 4.11. The van der Waals surface area contributed by atoms with Crippen LogP contribution in [0.15, 0.2) is 6.20 Å². The average Bonchev–Trinajstić information content (AvgIpc) is 2.63. The molecule has 0 spiro atoms. The number of hydrogen-bond acceptors (Lipinski definition) is 4. The molecule has 15 heavy (non-hydrogen) atoms. The molecule has 1 aromatic rings. The first-order valence-electron chi connectivity index (χ1n) is 4.71. The molecule has 0 bridgehead atoms. The Kier molecular flexibility index (Phi) is 4.81. The van der Waals surface area contributed by atoms with Crippen molar-refractivity contribution in [3.05, 3.63) is 11.1 Å². The minimum Gasteiger partial charge on any atom is -0.320 e. The van der Waals surface area contributed by atoms with Gasteiger partial charge >= 0.3 is 0 Å². The molecular formula is C10H13N3OS. The number of anilines is 1. The highest BCUT2D eigenvalue weighted by atomic mass is 32.1. The van der Waals surface area contributed by atoms with E-state index in [1.54, 1.807) is 6.20 Å². The van der Waals surface area contributed by atoms with Crippen LogP contribution in [0.2, 0.25) is 0 Å². The van der Waals surface area contributed by atoms with E-state index in [0.717, 1.165) is 11.3 Å². The Labute approximate surface area is 92.9 Å². The molecule has 0 aliphatic carbocycles. The largest absolute Gasteiger partial charge is 0.320 e. The summed E-state index contributed by atoms with van der Waals surface area (Å²) in [5.41, 5.74) is 5.24. The Bertz CT molecular complexity index is 389. The predicted molar refractivity (Wildman–Crippen MR) is 61.6 cm³/mol. The van der Waals surface area contributed by atoms with Crippen LogP contribution in [0.5, 0.6) is 0 Å². The standard InChI is InChI=1S/C10H13N3OS/c1-2-4-9(14)13-10-12-7-8(15-10)5-3-6-11/h7H,2,4,6,11H2,1H3,(H,12,13,14). The highest BCUT2D eigenvalue weighted by molar-refractivity contribution is 7.16. The molecule has 1 rings (SSSR count). The fourth-order valence-corrected chi connectivity index (χ4v) is 1.64. The van der Waals surface area contributed by atoms with Gasteiger partial charge in [-0.3, -0.25) is 4.79 Å². The summed E-state index contributed by atoms with van der Waals surface area (Å²) < 4.78 is 0. The summed E-state index contributed by atoms with van der Waals surface area (Å²) >= 11 is 1.35. The van der Waals surface area contributed by atoms with E-state index in [-0.39, 0.29) is 5.91 Å². The van der Waals surface area contributed by atoms with E-state index >= 15 is 0 Å². The van der Waals surface area contributed by atoms with E-state index in [4.69, 9.17) is 5.73 Å². The lowest BCUT2D eigenvalue weighted by Crippen LogP contribution is -2.09. The summed E-state index contributed by atoms with van der Waals surface area (Å²) in [6.45, 7) is 2.29. The van der Waals surface area contributed by atoms with Gasteiger partial charge in [-0.1, -0.05) is 30.1 Å². The van der Waals surface area contributed by atoms with Gasteiger partial charge in [-0.25, -0.2) is 4.98 Å². The second-order valence-electron chi connectivity index (χ2n) is 2.83. The molecule has 0 unspecified atom stereocenters. The van der Waals surface area contributed by atoms with Crippen LogP contribution in [-0.4, -0.2) is 17.4 Å². The summed E-state index contributed by atoms with van der Waals surface area (Å²) in [5.74, 6) is 5.58. The fourth-order valence-electron chi connectivity index (χ4n) is 0.937. The number of carbonyl (C=O) groups excluding carboxylic acids is 1. The van der Waals surface area contributed by atoms with E-state index < -0.39 is 0 Å². The number of nitrogens with one attached hydrogen (secondary N) is 1. The normalized spacial score (nSPS) is 9.20. The molecule has 3 N–H and O–H groups in total. The molecule has 4 nitrogen and oxygen atoms in total. The van der Waals surface area contributed by atoms with Gasteiger partial charge in [0.05, 0.1) is 17.6 Å². The van der Waals surface area contributed by atoms with Gasteiger partial charge in [0.1, 0.15) is 0 Å². The van der Waals surface area contributed by atoms with Gasteiger partial charge in [0.2, 0.25) is 5.91 Å². The van der Waals surface area contributed by atoms with Crippen LogP contribution in [-0.2, 0) is 4.79 Å². The second kappa shape index (κ2) is 6.17. The van der Waals surface area contributed by atoms with Gasteiger partial charge in [-0.2, -0.15) is 0 Å². The van der Waals surface area contributed by atoms with Crippen molar-refractivity contribution in [1.82, 2.24) is 4.98 Å². The molecule has 0 saturated heterocycles. The maximum Gasteiger partial charge on any atom is 0.226 e. The van der Waals surface area contributed by atoms with Crippen LogP contribution >= 0.6 is 11.3 Å². The minimum absolute atomic E-state index is 0.00909. The zero-order chi connectivity index (χ0) is 11.1. The van der Waals surface area contributed by atoms with Gasteiger partial charge in [0, 0.05) is 6.42 Å². The monoisotopic (exact) mass is 223 g/mol. The topological polar surface area (TPSA) is 68.0 Å². The SMILES string of the molecule is CCCC(=O)Nc1ncc(C#CCN)s1. The summed E-state index contributed by atoms with van der Waals surface area (Å²) in [6, 6.07) is 0. The highest BCUT2D eigenvalue weighted by Crippen LogP contribution is 2.17. The minimum atomic E-state index is -0.00909. The molecular weight excluding hydrogens is 210 g/mol. The molecule has 0 aliphatic heterocycles. The molecule has 1 amide bonds. The molecule has 80 valence electrons. The van der Waals surface area contributed by atoms with Crippen molar-refractivity contribution >= 4 is 22.4 Å². The Balaban J connectivity index is 2.56. The van der Waals surface area contributed by atoms with Crippen LogP contribution < -0.4 is 11.1 Å². The second-order valence-corrected chi connectivity index (χ2v) is 3.86. The fraction of sp³-hybridized carbons (Fsp3) is 0.400. The predicted octanol–water partition coefficient (Wildman–Crippen LogP) is 1.19. The van der Waals surface area contributed by atoms with Gasteiger partial charge < -0.3 is 11.1 Å². The van der Waals surface area contributed by atoms with Crippen LogP contribution in [0.3, 0.4) is 0 Å². The van der Waals surface area contributed by atoms with E-state index in [1.807, 2.05) is 6.92 Å². The Morgan fingerprint density at radius 1 is 1.73 bits per heavy atom. The van der Waals surface area contributed by atoms with Crippen molar-refractivity contribution in [3.63, 3.8) is 0 Å². The third-order valence-corrected chi connectivity index (χ3v) is 2.37. The average molecular weight is 223 g/mol. The number of amides is 1. The summed E-state index contributed by atoms with van der Waals surface area (Å²) in [7, 11) is 0. The van der Waals surface area contributed by atoms with Crippen molar-refractivity contribution in [2.75, 3.05) is 11.9 Å². The van der Waals surface area contributed by atoms with E-state index in [9.17, 15) is 4.79 Å². The van der Waals surface area contributed by atoms with E-state index in [1.165, 1.54) is 11.3 Å². The zero-order valence-electron chi connectivity index (χ0n) is 8.54. The maximum atomic E-state index is 11.2. The molecule has 0 saturated carbocycles. The third-order valence-electron chi connectivity index (χ3n) is 1.54. The van der Waals surface area contributed by atoms with E-state index in [2.05, 4.69) is 22.1 Å². The zero-order valence-corrected chi connectivity index (χ0v) is 9.36. The first kappa shape index (κ1) is 11.7. The van der Waals surface area contributed by atoms with E-state index in [0.29, 0.717) is 18.1 Å². The van der Waals surface area contributed by atoms with Gasteiger partial charge in [-0.15, -0.1) is 0 Å².